The zero-order chi connectivity index (χ0) is 15.6. The number of piperidine rings is 1. The molecule has 1 aliphatic heterocycles. The summed E-state index contributed by atoms with van der Waals surface area (Å²) in [7, 11) is 0. The Morgan fingerprint density at radius 3 is 2.91 bits per heavy atom. The summed E-state index contributed by atoms with van der Waals surface area (Å²) in [5.41, 5.74) is 4.67. The zero-order valence-electron chi connectivity index (χ0n) is 13.2. The number of benzene rings is 1. The largest absolute Gasteiger partial charge is 0.338 e. The molecule has 0 saturated carbocycles. The number of hydrogen-bond acceptors (Lipinski definition) is 3. The van der Waals surface area contributed by atoms with Crippen LogP contribution in [0.3, 0.4) is 0 Å². The standard InChI is InChI=1S/C19H21N3O/c23-19(16-7-6-14-3-1-4-15(14)11-16)22-10-2-5-17(12-22)18-8-9-20-13-21-18/h6-9,11,13,17H,1-5,10,12H2/t17-/m1/s1. The number of aryl methyl sites for hydroxylation is 2. The van der Waals surface area contributed by atoms with Crippen LogP contribution in [0.1, 0.15) is 52.4 Å². The molecule has 1 fully saturated rings. The minimum Gasteiger partial charge on any atom is -0.338 e. The summed E-state index contributed by atoms with van der Waals surface area (Å²) in [6.45, 7) is 1.60. The molecule has 0 bridgehead atoms. The molecular weight excluding hydrogens is 286 g/mol. The van der Waals surface area contributed by atoms with Crippen molar-refractivity contribution in [2.75, 3.05) is 13.1 Å². The van der Waals surface area contributed by atoms with Crippen LogP contribution in [0.2, 0.25) is 0 Å². The second-order valence-corrected chi connectivity index (χ2v) is 6.56. The predicted molar refractivity (Wildman–Crippen MR) is 88.4 cm³/mol. The second-order valence-electron chi connectivity index (χ2n) is 6.56. The zero-order valence-corrected chi connectivity index (χ0v) is 13.2. The Morgan fingerprint density at radius 2 is 2.04 bits per heavy atom. The average molecular weight is 307 g/mol. The summed E-state index contributed by atoms with van der Waals surface area (Å²) in [6, 6.07) is 8.22. The number of rotatable bonds is 2. The van der Waals surface area contributed by atoms with Gasteiger partial charge >= 0.3 is 0 Å². The molecule has 4 nitrogen and oxygen atoms in total. The fourth-order valence-corrected chi connectivity index (χ4v) is 3.83. The van der Waals surface area contributed by atoms with Crippen LogP contribution in [0.15, 0.2) is 36.8 Å². The van der Waals surface area contributed by atoms with Gasteiger partial charge in [-0.1, -0.05) is 6.07 Å². The minimum absolute atomic E-state index is 0.165. The number of fused-ring (bicyclic) bond motifs is 1. The molecule has 1 aromatic carbocycles. The van der Waals surface area contributed by atoms with Gasteiger partial charge in [0.15, 0.2) is 0 Å². The molecule has 1 aliphatic carbocycles. The Bertz CT molecular complexity index is 714. The Labute approximate surface area is 136 Å². The molecule has 0 radical (unpaired) electrons. The topological polar surface area (TPSA) is 46.1 Å². The summed E-state index contributed by atoms with van der Waals surface area (Å²) in [5, 5.41) is 0. The maximum absolute atomic E-state index is 12.9. The van der Waals surface area contributed by atoms with Crippen LogP contribution in [-0.2, 0) is 12.8 Å². The molecule has 118 valence electrons. The van der Waals surface area contributed by atoms with E-state index in [0.717, 1.165) is 50.0 Å². The van der Waals surface area contributed by atoms with Crippen molar-refractivity contribution < 1.29 is 4.79 Å². The third kappa shape index (κ3) is 2.85. The Morgan fingerprint density at radius 1 is 1.13 bits per heavy atom. The van der Waals surface area contributed by atoms with E-state index in [1.165, 1.54) is 17.5 Å². The smallest absolute Gasteiger partial charge is 0.253 e. The van der Waals surface area contributed by atoms with E-state index in [9.17, 15) is 4.79 Å². The van der Waals surface area contributed by atoms with E-state index in [1.54, 1.807) is 12.5 Å². The Balaban J connectivity index is 1.52. The highest BCUT2D eigenvalue weighted by molar-refractivity contribution is 5.94. The van der Waals surface area contributed by atoms with Gasteiger partial charge in [-0.15, -0.1) is 0 Å². The molecule has 0 N–H and O–H groups in total. The molecule has 23 heavy (non-hydrogen) atoms. The van der Waals surface area contributed by atoms with Crippen molar-refractivity contribution >= 4 is 5.91 Å². The lowest BCUT2D eigenvalue weighted by Gasteiger charge is -2.32. The quantitative estimate of drug-likeness (QED) is 0.857. The van der Waals surface area contributed by atoms with E-state index >= 15 is 0 Å². The Hall–Kier alpha value is -2.23. The second kappa shape index (κ2) is 6.11. The van der Waals surface area contributed by atoms with Gasteiger partial charge in [-0.2, -0.15) is 0 Å². The third-order valence-corrected chi connectivity index (χ3v) is 5.08. The SMILES string of the molecule is O=C(c1ccc2c(c1)CCC2)N1CCC[C@@H](c2ccncn2)C1. The van der Waals surface area contributed by atoms with Crippen molar-refractivity contribution in [2.45, 2.75) is 38.0 Å². The summed E-state index contributed by atoms with van der Waals surface area (Å²) in [5.74, 6) is 0.489. The lowest BCUT2D eigenvalue weighted by atomic mass is 9.94. The third-order valence-electron chi connectivity index (χ3n) is 5.08. The van der Waals surface area contributed by atoms with Gasteiger partial charge in [0, 0.05) is 36.5 Å². The molecule has 4 rings (SSSR count). The number of amides is 1. The van der Waals surface area contributed by atoms with Crippen molar-refractivity contribution in [1.82, 2.24) is 14.9 Å². The van der Waals surface area contributed by atoms with Crippen molar-refractivity contribution in [3.8, 4) is 0 Å². The van der Waals surface area contributed by atoms with Gasteiger partial charge in [-0.05, 0) is 61.4 Å². The number of likely N-dealkylation sites (tertiary alicyclic amines) is 1. The molecular formula is C19H21N3O. The first kappa shape index (κ1) is 14.4. The molecule has 0 spiro atoms. The van der Waals surface area contributed by atoms with E-state index in [-0.39, 0.29) is 5.91 Å². The van der Waals surface area contributed by atoms with E-state index in [2.05, 4.69) is 22.1 Å². The highest BCUT2D eigenvalue weighted by Crippen LogP contribution is 2.27. The molecule has 2 heterocycles. The van der Waals surface area contributed by atoms with Crippen LogP contribution in [0, 0.1) is 0 Å². The van der Waals surface area contributed by atoms with Crippen LogP contribution in [0.5, 0.6) is 0 Å². The van der Waals surface area contributed by atoms with Crippen molar-refractivity contribution in [1.29, 1.82) is 0 Å². The fraction of sp³-hybridized carbons (Fsp3) is 0.421. The number of carbonyl (C=O) groups is 1. The molecule has 1 atom stereocenters. The number of hydrogen-bond donors (Lipinski definition) is 0. The molecule has 0 unspecified atom stereocenters. The van der Waals surface area contributed by atoms with Crippen LogP contribution < -0.4 is 0 Å². The van der Waals surface area contributed by atoms with Gasteiger partial charge in [-0.25, -0.2) is 9.97 Å². The molecule has 1 amide bonds. The van der Waals surface area contributed by atoms with Gasteiger partial charge in [0.25, 0.3) is 5.91 Å². The molecule has 2 aromatic rings. The van der Waals surface area contributed by atoms with Crippen LogP contribution >= 0.6 is 0 Å². The molecule has 1 aromatic heterocycles. The summed E-state index contributed by atoms with van der Waals surface area (Å²) < 4.78 is 0. The van der Waals surface area contributed by atoms with Crippen molar-refractivity contribution in [3.63, 3.8) is 0 Å². The van der Waals surface area contributed by atoms with E-state index in [0.29, 0.717) is 5.92 Å². The average Bonchev–Trinajstić information content (AvgIpc) is 3.09. The number of nitrogens with zero attached hydrogens (tertiary/aromatic N) is 3. The first-order valence-electron chi connectivity index (χ1n) is 8.48. The van der Waals surface area contributed by atoms with E-state index in [4.69, 9.17) is 0 Å². The van der Waals surface area contributed by atoms with E-state index < -0.39 is 0 Å². The summed E-state index contributed by atoms with van der Waals surface area (Å²) in [4.78, 5) is 23.2. The van der Waals surface area contributed by atoms with Crippen LogP contribution in [0.4, 0.5) is 0 Å². The monoisotopic (exact) mass is 307 g/mol. The lowest BCUT2D eigenvalue weighted by molar-refractivity contribution is 0.0706. The van der Waals surface area contributed by atoms with Crippen molar-refractivity contribution in [3.05, 3.63) is 59.2 Å². The molecule has 4 heteroatoms. The minimum atomic E-state index is 0.165. The first-order valence-corrected chi connectivity index (χ1v) is 8.48. The summed E-state index contributed by atoms with van der Waals surface area (Å²) in [6.07, 6.45) is 8.98. The number of aromatic nitrogens is 2. The van der Waals surface area contributed by atoms with E-state index in [1.807, 2.05) is 17.0 Å². The highest BCUT2D eigenvalue weighted by atomic mass is 16.2. The Kier molecular flexibility index (Phi) is 3.82. The maximum Gasteiger partial charge on any atom is 0.253 e. The maximum atomic E-state index is 12.9. The fourth-order valence-electron chi connectivity index (χ4n) is 3.83. The van der Waals surface area contributed by atoms with Gasteiger partial charge < -0.3 is 4.90 Å². The van der Waals surface area contributed by atoms with Gasteiger partial charge in [0.1, 0.15) is 6.33 Å². The normalized spacial score (nSPS) is 20.3. The molecule has 2 aliphatic rings. The van der Waals surface area contributed by atoms with Crippen LogP contribution in [-0.4, -0.2) is 33.9 Å². The first-order chi connectivity index (χ1) is 11.3. The summed E-state index contributed by atoms with van der Waals surface area (Å²) >= 11 is 0. The van der Waals surface area contributed by atoms with Crippen LogP contribution in [0.25, 0.3) is 0 Å². The highest BCUT2D eigenvalue weighted by Gasteiger charge is 2.26. The lowest BCUT2D eigenvalue weighted by Crippen LogP contribution is -2.39. The van der Waals surface area contributed by atoms with Gasteiger partial charge in [0.05, 0.1) is 0 Å². The van der Waals surface area contributed by atoms with Gasteiger partial charge in [0.2, 0.25) is 0 Å². The van der Waals surface area contributed by atoms with Gasteiger partial charge in [-0.3, -0.25) is 4.79 Å². The predicted octanol–water partition coefficient (Wildman–Crippen LogP) is 2.99. The van der Waals surface area contributed by atoms with Crippen molar-refractivity contribution in [2.24, 2.45) is 0 Å². The molecule has 1 saturated heterocycles. The number of carbonyl (C=O) groups excluding carboxylic acids is 1.